The molecule has 0 radical (unpaired) electrons. The van der Waals surface area contributed by atoms with Gasteiger partial charge in [0, 0.05) is 27.7 Å². The monoisotopic (exact) mass is 373 g/mol. The maximum atomic E-state index is 12.5. The van der Waals surface area contributed by atoms with Crippen LogP contribution in [0.25, 0.3) is 5.57 Å². The molecular formula is C20H20ClNO2S. The number of halogens is 1. The normalized spacial score (nSPS) is 24.7. The topological polar surface area (TPSA) is 29.5 Å². The third-order valence-electron chi connectivity index (χ3n) is 4.96. The van der Waals surface area contributed by atoms with E-state index in [1.54, 1.807) is 11.8 Å². The Morgan fingerprint density at radius 2 is 2.12 bits per heavy atom. The van der Waals surface area contributed by atoms with Crippen molar-refractivity contribution in [3.63, 3.8) is 0 Å². The number of hydrogen-bond acceptors (Lipinski definition) is 4. The summed E-state index contributed by atoms with van der Waals surface area (Å²) in [6.07, 6.45) is 6.14. The van der Waals surface area contributed by atoms with Gasteiger partial charge in [-0.2, -0.15) is 0 Å². The summed E-state index contributed by atoms with van der Waals surface area (Å²) >= 11 is 7.71. The Hall–Kier alpha value is -1.65. The first-order valence-electron chi connectivity index (χ1n) is 8.58. The number of benzene rings is 1. The van der Waals surface area contributed by atoms with Crippen LogP contribution >= 0.6 is 23.4 Å². The van der Waals surface area contributed by atoms with Crippen molar-refractivity contribution >= 4 is 34.9 Å². The molecule has 0 aliphatic carbocycles. The molecule has 0 bridgehead atoms. The minimum absolute atomic E-state index is 0.106. The molecule has 0 saturated heterocycles. The molecule has 0 fully saturated rings. The van der Waals surface area contributed by atoms with E-state index >= 15 is 0 Å². The van der Waals surface area contributed by atoms with Crippen LogP contribution in [0.4, 0.5) is 0 Å². The summed E-state index contributed by atoms with van der Waals surface area (Å²) in [6.45, 7) is 4.40. The number of ether oxygens (including phenoxy) is 1. The fourth-order valence-electron chi connectivity index (χ4n) is 3.84. The highest BCUT2D eigenvalue weighted by Gasteiger charge is 2.45. The smallest absolute Gasteiger partial charge is 0.321 e. The highest BCUT2D eigenvalue weighted by Crippen LogP contribution is 2.51. The molecule has 2 atom stereocenters. The molecule has 3 aliphatic rings. The van der Waals surface area contributed by atoms with Gasteiger partial charge in [0.25, 0.3) is 0 Å². The molecule has 0 aromatic heterocycles. The van der Waals surface area contributed by atoms with Crippen LogP contribution in [0.2, 0.25) is 5.02 Å². The summed E-state index contributed by atoms with van der Waals surface area (Å²) in [7, 11) is 0. The minimum Gasteiger partial charge on any atom is -0.465 e. The van der Waals surface area contributed by atoms with E-state index in [0.29, 0.717) is 6.61 Å². The maximum Gasteiger partial charge on any atom is 0.321 e. The van der Waals surface area contributed by atoms with Crippen molar-refractivity contribution in [3.05, 3.63) is 63.3 Å². The molecule has 5 heteroatoms. The van der Waals surface area contributed by atoms with E-state index in [2.05, 4.69) is 36.1 Å². The summed E-state index contributed by atoms with van der Waals surface area (Å²) in [5, 5.41) is 0.573. The van der Waals surface area contributed by atoms with E-state index in [1.807, 2.05) is 19.1 Å². The number of rotatable bonds is 3. The van der Waals surface area contributed by atoms with Gasteiger partial charge in [0.05, 0.1) is 12.6 Å². The van der Waals surface area contributed by atoms with Crippen LogP contribution in [0.1, 0.15) is 32.3 Å². The van der Waals surface area contributed by atoms with Gasteiger partial charge in [0.15, 0.2) is 0 Å². The van der Waals surface area contributed by atoms with Gasteiger partial charge in [-0.1, -0.05) is 29.8 Å². The van der Waals surface area contributed by atoms with E-state index in [0.717, 1.165) is 17.9 Å². The zero-order valence-corrected chi connectivity index (χ0v) is 15.9. The number of allylic oxidation sites excluding steroid dienone is 3. The average molecular weight is 374 g/mol. The highest BCUT2D eigenvalue weighted by atomic mass is 35.5. The van der Waals surface area contributed by atoms with Crippen LogP contribution in [0, 0.1) is 0 Å². The Bertz CT molecular complexity index is 809. The summed E-state index contributed by atoms with van der Waals surface area (Å²) in [4.78, 5) is 16.1. The van der Waals surface area contributed by atoms with E-state index < -0.39 is 0 Å². The second-order valence-electron chi connectivity index (χ2n) is 6.42. The van der Waals surface area contributed by atoms with Crippen molar-refractivity contribution in [1.82, 2.24) is 4.90 Å². The maximum absolute atomic E-state index is 12.5. The van der Waals surface area contributed by atoms with Crippen LogP contribution in [-0.2, 0) is 9.53 Å². The number of nitrogens with zero attached hydrogens (tertiary/aromatic N) is 1. The van der Waals surface area contributed by atoms with Gasteiger partial charge in [0.2, 0.25) is 0 Å². The third kappa shape index (κ3) is 2.81. The van der Waals surface area contributed by atoms with Gasteiger partial charge in [-0.3, -0.25) is 4.79 Å². The lowest BCUT2D eigenvalue weighted by atomic mass is 9.99. The van der Waals surface area contributed by atoms with Gasteiger partial charge >= 0.3 is 5.97 Å². The summed E-state index contributed by atoms with van der Waals surface area (Å²) in [5.74, 6) is -0.106. The van der Waals surface area contributed by atoms with Crippen molar-refractivity contribution in [2.24, 2.45) is 0 Å². The number of hydrogen-bond donors (Lipinski definition) is 0. The standard InChI is InChI=1S/C20H20ClNO2S/c1-3-24-20(23)19-17-6-4-5-16-15(13-7-9-14(21)10-8-13)11-18(22(16)17)12(2)25-19/h4-5,7-10,17,19H,3,6,11H2,1-2H3/t17-,19+/m0/s1. The van der Waals surface area contributed by atoms with Crippen molar-refractivity contribution in [1.29, 1.82) is 0 Å². The zero-order chi connectivity index (χ0) is 17.6. The van der Waals surface area contributed by atoms with E-state index in [1.165, 1.54) is 27.4 Å². The molecule has 3 nitrogen and oxygen atoms in total. The molecule has 0 spiro atoms. The average Bonchev–Trinajstić information content (AvgIpc) is 3.00. The van der Waals surface area contributed by atoms with Gasteiger partial charge in [0.1, 0.15) is 5.25 Å². The molecule has 3 aliphatic heterocycles. The lowest BCUT2D eigenvalue weighted by molar-refractivity contribution is -0.143. The van der Waals surface area contributed by atoms with Crippen LogP contribution in [-0.4, -0.2) is 28.8 Å². The molecule has 25 heavy (non-hydrogen) atoms. The Morgan fingerprint density at radius 1 is 1.36 bits per heavy atom. The SMILES string of the molecule is CCOC(=O)[C@@H]1SC(C)=C2CC(c3ccc(Cl)cc3)=C3C=CC[C@@H]1N32. The fraction of sp³-hybridized carbons (Fsp3) is 0.350. The number of carbonyl (C=O) groups excluding carboxylic acids is 1. The quantitative estimate of drug-likeness (QED) is 0.697. The van der Waals surface area contributed by atoms with Crippen LogP contribution < -0.4 is 0 Å². The predicted molar refractivity (Wildman–Crippen MR) is 103 cm³/mol. The molecule has 4 rings (SSSR count). The van der Waals surface area contributed by atoms with Crippen LogP contribution in [0.3, 0.4) is 0 Å². The number of carbonyl (C=O) groups is 1. The van der Waals surface area contributed by atoms with E-state index in [-0.39, 0.29) is 17.3 Å². The number of thioether (sulfide) groups is 1. The van der Waals surface area contributed by atoms with Crippen molar-refractivity contribution in [2.75, 3.05) is 6.61 Å². The second kappa shape index (κ2) is 6.58. The summed E-state index contributed by atoms with van der Waals surface area (Å²) in [6, 6.07) is 8.15. The van der Waals surface area contributed by atoms with Gasteiger partial charge in [-0.15, -0.1) is 11.8 Å². The molecule has 0 saturated carbocycles. The first-order chi connectivity index (χ1) is 12.1. The lowest BCUT2D eigenvalue weighted by Crippen LogP contribution is -2.47. The van der Waals surface area contributed by atoms with Crippen molar-refractivity contribution < 1.29 is 9.53 Å². The Kier molecular flexibility index (Phi) is 4.42. The zero-order valence-electron chi connectivity index (χ0n) is 14.3. The third-order valence-corrected chi connectivity index (χ3v) is 6.56. The second-order valence-corrected chi connectivity index (χ2v) is 8.21. The van der Waals surface area contributed by atoms with Crippen molar-refractivity contribution in [3.8, 4) is 0 Å². The molecule has 1 aromatic carbocycles. The molecular weight excluding hydrogens is 354 g/mol. The molecule has 0 N–H and O–H groups in total. The minimum atomic E-state index is -0.173. The summed E-state index contributed by atoms with van der Waals surface area (Å²) in [5.41, 5.74) is 5.02. The molecule has 1 aromatic rings. The number of esters is 1. The van der Waals surface area contributed by atoms with Gasteiger partial charge in [-0.05, 0) is 49.6 Å². The lowest BCUT2D eigenvalue weighted by Gasteiger charge is -2.42. The fourth-order valence-corrected chi connectivity index (χ4v) is 5.21. The Balaban J connectivity index is 1.77. The van der Waals surface area contributed by atoms with Crippen LogP contribution in [0.5, 0.6) is 0 Å². The van der Waals surface area contributed by atoms with Gasteiger partial charge in [-0.25, -0.2) is 0 Å². The highest BCUT2D eigenvalue weighted by molar-refractivity contribution is 8.04. The van der Waals surface area contributed by atoms with Gasteiger partial charge < -0.3 is 9.64 Å². The Labute approximate surface area is 157 Å². The molecule has 0 amide bonds. The first-order valence-corrected chi connectivity index (χ1v) is 9.83. The van der Waals surface area contributed by atoms with E-state index in [9.17, 15) is 4.79 Å². The predicted octanol–water partition coefficient (Wildman–Crippen LogP) is 5.00. The molecule has 0 unspecified atom stereocenters. The van der Waals surface area contributed by atoms with Crippen LogP contribution in [0.15, 0.2) is 52.7 Å². The summed E-state index contributed by atoms with van der Waals surface area (Å²) < 4.78 is 5.33. The molecule has 3 heterocycles. The molecule has 130 valence electrons. The first kappa shape index (κ1) is 16.8. The van der Waals surface area contributed by atoms with E-state index in [4.69, 9.17) is 16.3 Å². The van der Waals surface area contributed by atoms with Crippen molar-refractivity contribution in [2.45, 2.75) is 38.0 Å². The Morgan fingerprint density at radius 3 is 2.84 bits per heavy atom. The largest absolute Gasteiger partial charge is 0.465 e.